The van der Waals surface area contributed by atoms with Crippen molar-refractivity contribution in [2.24, 2.45) is 5.73 Å². The standard InChI is InChI=1S/C12H13N5/c13-11(14)10-4-2-6-16-12(10)17-8-9-3-1-5-15-7-9/h1-7H,8H2,(H3,13,14)(H,16,17). The van der Waals surface area contributed by atoms with E-state index in [4.69, 9.17) is 11.1 Å². The molecule has 0 unspecified atom stereocenters. The lowest BCUT2D eigenvalue weighted by Gasteiger charge is -2.09. The second-order valence-corrected chi connectivity index (χ2v) is 3.53. The maximum Gasteiger partial charge on any atom is 0.137 e. The van der Waals surface area contributed by atoms with Crippen LogP contribution in [0, 0.1) is 5.41 Å². The highest BCUT2D eigenvalue weighted by atomic mass is 15.0. The van der Waals surface area contributed by atoms with Crippen molar-refractivity contribution in [3.05, 3.63) is 54.0 Å². The van der Waals surface area contributed by atoms with Crippen LogP contribution in [0.4, 0.5) is 5.82 Å². The summed E-state index contributed by atoms with van der Waals surface area (Å²) in [7, 11) is 0. The average Bonchev–Trinajstić information content (AvgIpc) is 2.38. The molecule has 0 saturated carbocycles. The van der Waals surface area contributed by atoms with E-state index in [1.807, 2.05) is 12.1 Å². The molecule has 0 aliphatic carbocycles. The number of aromatic nitrogens is 2. The van der Waals surface area contributed by atoms with Crippen LogP contribution in [0.25, 0.3) is 0 Å². The molecular weight excluding hydrogens is 214 g/mol. The smallest absolute Gasteiger partial charge is 0.137 e. The lowest BCUT2D eigenvalue weighted by atomic mass is 10.2. The first kappa shape index (κ1) is 11.1. The molecule has 2 aromatic heterocycles. The van der Waals surface area contributed by atoms with E-state index < -0.39 is 0 Å². The zero-order valence-corrected chi connectivity index (χ0v) is 9.22. The summed E-state index contributed by atoms with van der Waals surface area (Å²) in [6.07, 6.45) is 5.17. The van der Waals surface area contributed by atoms with Crippen LogP contribution >= 0.6 is 0 Å². The second kappa shape index (κ2) is 5.07. The van der Waals surface area contributed by atoms with Crippen molar-refractivity contribution in [2.75, 3.05) is 5.32 Å². The minimum Gasteiger partial charge on any atom is -0.384 e. The molecule has 17 heavy (non-hydrogen) atoms. The summed E-state index contributed by atoms with van der Waals surface area (Å²) in [6.45, 7) is 0.602. The van der Waals surface area contributed by atoms with Gasteiger partial charge in [0.1, 0.15) is 11.7 Å². The maximum absolute atomic E-state index is 7.44. The number of rotatable bonds is 4. The van der Waals surface area contributed by atoms with Crippen molar-refractivity contribution in [1.82, 2.24) is 9.97 Å². The highest BCUT2D eigenvalue weighted by molar-refractivity contribution is 5.99. The molecule has 0 spiro atoms. The number of nitrogens with zero attached hydrogens (tertiary/aromatic N) is 2. The van der Waals surface area contributed by atoms with Gasteiger partial charge in [-0.3, -0.25) is 10.4 Å². The van der Waals surface area contributed by atoms with Gasteiger partial charge in [-0.1, -0.05) is 6.07 Å². The van der Waals surface area contributed by atoms with Gasteiger partial charge in [0.15, 0.2) is 0 Å². The number of nitrogens with one attached hydrogen (secondary N) is 2. The van der Waals surface area contributed by atoms with Crippen molar-refractivity contribution in [3.63, 3.8) is 0 Å². The largest absolute Gasteiger partial charge is 0.384 e. The second-order valence-electron chi connectivity index (χ2n) is 3.53. The molecule has 86 valence electrons. The molecule has 5 nitrogen and oxygen atoms in total. The van der Waals surface area contributed by atoms with Gasteiger partial charge in [-0.25, -0.2) is 4.98 Å². The van der Waals surface area contributed by atoms with Gasteiger partial charge in [0.25, 0.3) is 0 Å². The number of nitrogen functional groups attached to an aromatic ring is 1. The number of pyridine rings is 2. The fourth-order valence-electron chi connectivity index (χ4n) is 1.45. The van der Waals surface area contributed by atoms with E-state index in [1.54, 1.807) is 30.7 Å². The predicted octanol–water partition coefficient (Wildman–Crippen LogP) is 1.37. The third kappa shape index (κ3) is 2.78. The maximum atomic E-state index is 7.44. The van der Waals surface area contributed by atoms with Gasteiger partial charge in [0, 0.05) is 25.1 Å². The summed E-state index contributed by atoms with van der Waals surface area (Å²) in [5.41, 5.74) is 7.13. The number of hydrogen-bond donors (Lipinski definition) is 3. The topological polar surface area (TPSA) is 87.7 Å². The number of anilines is 1. The number of hydrogen-bond acceptors (Lipinski definition) is 4. The van der Waals surface area contributed by atoms with Gasteiger partial charge >= 0.3 is 0 Å². The molecule has 0 aliphatic heterocycles. The van der Waals surface area contributed by atoms with E-state index in [1.165, 1.54) is 0 Å². The highest BCUT2D eigenvalue weighted by Crippen LogP contribution is 2.11. The van der Waals surface area contributed by atoms with Crippen molar-refractivity contribution in [2.45, 2.75) is 6.54 Å². The van der Waals surface area contributed by atoms with Gasteiger partial charge in [-0.2, -0.15) is 0 Å². The molecule has 4 N–H and O–H groups in total. The Morgan fingerprint density at radius 3 is 2.82 bits per heavy atom. The van der Waals surface area contributed by atoms with E-state index in [9.17, 15) is 0 Å². The van der Waals surface area contributed by atoms with Gasteiger partial charge < -0.3 is 11.1 Å². The number of nitrogens with two attached hydrogens (primary N) is 1. The molecule has 0 fully saturated rings. The van der Waals surface area contributed by atoms with Gasteiger partial charge in [-0.15, -0.1) is 0 Å². The molecule has 0 aliphatic rings. The Bertz CT molecular complexity index is 509. The fourth-order valence-corrected chi connectivity index (χ4v) is 1.45. The Kier molecular flexibility index (Phi) is 3.30. The molecule has 2 aromatic rings. The molecule has 2 heterocycles. The summed E-state index contributed by atoms with van der Waals surface area (Å²) in [6, 6.07) is 7.37. The molecule has 0 bridgehead atoms. The van der Waals surface area contributed by atoms with Gasteiger partial charge in [-0.05, 0) is 23.8 Å². The lowest BCUT2D eigenvalue weighted by molar-refractivity contribution is 1.08. The number of amidine groups is 1. The zero-order chi connectivity index (χ0) is 12.1. The van der Waals surface area contributed by atoms with Gasteiger partial charge in [0.2, 0.25) is 0 Å². The van der Waals surface area contributed by atoms with E-state index in [0.29, 0.717) is 17.9 Å². The molecular formula is C12H13N5. The Morgan fingerprint density at radius 1 is 1.29 bits per heavy atom. The Morgan fingerprint density at radius 2 is 2.12 bits per heavy atom. The molecule has 0 atom stereocenters. The molecule has 5 heteroatoms. The molecule has 0 aromatic carbocycles. The van der Waals surface area contributed by atoms with E-state index >= 15 is 0 Å². The van der Waals surface area contributed by atoms with E-state index in [0.717, 1.165) is 5.56 Å². The summed E-state index contributed by atoms with van der Waals surface area (Å²) in [5.74, 6) is 0.621. The van der Waals surface area contributed by atoms with Crippen molar-refractivity contribution in [1.29, 1.82) is 5.41 Å². The lowest BCUT2D eigenvalue weighted by Crippen LogP contribution is -2.15. The monoisotopic (exact) mass is 227 g/mol. The van der Waals surface area contributed by atoms with Crippen LogP contribution in [0.3, 0.4) is 0 Å². The van der Waals surface area contributed by atoms with Crippen LogP contribution < -0.4 is 11.1 Å². The van der Waals surface area contributed by atoms with Crippen molar-refractivity contribution in [3.8, 4) is 0 Å². The van der Waals surface area contributed by atoms with Crippen LogP contribution in [0.1, 0.15) is 11.1 Å². The third-order valence-electron chi connectivity index (χ3n) is 2.28. The van der Waals surface area contributed by atoms with E-state index in [-0.39, 0.29) is 5.84 Å². The van der Waals surface area contributed by atoms with E-state index in [2.05, 4.69) is 15.3 Å². The zero-order valence-electron chi connectivity index (χ0n) is 9.22. The fraction of sp³-hybridized carbons (Fsp3) is 0.0833. The molecule has 0 radical (unpaired) electrons. The molecule has 0 amide bonds. The predicted molar refractivity (Wildman–Crippen MR) is 66.8 cm³/mol. The quantitative estimate of drug-likeness (QED) is 0.543. The molecule has 0 saturated heterocycles. The summed E-state index contributed by atoms with van der Waals surface area (Å²) in [4.78, 5) is 8.19. The van der Waals surface area contributed by atoms with Crippen molar-refractivity contribution >= 4 is 11.7 Å². The first-order chi connectivity index (χ1) is 8.27. The van der Waals surface area contributed by atoms with Crippen LogP contribution in [0.15, 0.2) is 42.9 Å². The minimum atomic E-state index is 0.00628. The van der Waals surface area contributed by atoms with Crippen LogP contribution in [-0.4, -0.2) is 15.8 Å². The summed E-state index contributed by atoms with van der Waals surface area (Å²) < 4.78 is 0. The van der Waals surface area contributed by atoms with Gasteiger partial charge in [0.05, 0.1) is 5.56 Å². The third-order valence-corrected chi connectivity index (χ3v) is 2.28. The normalized spacial score (nSPS) is 9.88. The Hall–Kier alpha value is -2.43. The minimum absolute atomic E-state index is 0.00628. The Labute approximate surface area is 99.2 Å². The van der Waals surface area contributed by atoms with Crippen LogP contribution in [0.5, 0.6) is 0 Å². The van der Waals surface area contributed by atoms with Crippen molar-refractivity contribution < 1.29 is 0 Å². The summed E-state index contributed by atoms with van der Waals surface area (Å²) >= 11 is 0. The SMILES string of the molecule is N=C(N)c1cccnc1NCc1cccnc1. The molecule has 2 rings (SSSR count). The highest BCUT2D eigenvalue weighted by Gasteiger charge is 2.05. The van der Waals surface area contributed by atoms with Crippen LogP contribution in [0.2, 0.25) is 0 Å². The first-order valence-electron chi connectivity index (χ1n) is 5.19. The average molecular weight is 227 g/mol. The first-order valence-corrected chi connectivity index (χ1v) is 5.19. The van der Waals surface area contributed by atoms with Crippen LogP contribution in [-0.2, 0) is 6.54 Å². The Balaban J connectivity index is 2.12. The summed E-state index contributed by atoms with van der Waals surface area (Å²) in [5, 5.41) is 10.6.